The van der Waals surface area contributed by atoms with E-state index in [0.29, 0.717) is 5.69 Å². The van der Waals surface area contributed by atoms with E-state index in [2.05, 4.69) is 10.3 Å². The van der Waals surface area contributed by atoms with Gasteiger partial charge in [0.15, 0.2) is 0 Å². The number of thiazole rings is 1. The van der Waals surface area contributed by atoms with Gasteiger partial charge in [0.1, 0.15) is 9.90 Å². The molecule has 0 aliphatic rings. The second kappa shape index (κ2) is 6.93. The van der Waals surface area contributed by atoms with Gasteiger partial charge in [0.05, 0.1) is 5.02 Å². The summed E-state index contributed by atoms with van der Waals surface area (Å²) in [6.45, 7) is 0. The molecule has 1 aromatic heterocycles. The molecule has 0 saturated carbocycles. The molecule has 3 aromatic rings. The maximum atomic E-state index is 12.3. The first-order valence-electron chi connectivity index (χ1n) is 6.98. The maximum Gasteiger partial charge on any atom is 0.255 e. The Kier molecular flexibility index (Phi) is 4.87. The molecule has 0 radical (unpaired) electrons. The topological polar surface area (TPSA) is 102 Å². The largest absolute Gasteiger partial charge is 0.322 e. The number of hydrogen-bond acceptors (Lipinski definition) is 5. The fraction of sp³-hybridized carbons (Fsp3) is 0. The van der Waals surface area contributed by atoms with Gasteiger partial charge in [0.2, 0.25) is 10.0 Å². The quantitative estimate of drug-likeness (QED) is 0.709. The molecule has 0 atom stereocenters. The fourth-order valence-electron chi connectivity index (χ4n) is 2.13. The lowest BCUT2D eigenvalue weighted by Gasteiger charge is -2.08. The Labute approximate surface area is 153 Å². The van der Waals surface area contributed by atoms with Gasteiger partial charge >= 0.3 is 0 Å². The number of carbonyl (C=O) groups is 1. The highest BCUT2D eigenvalue weighted by molar-refractivity contribution is 7.89. The number of nitrogens with zero attached hydrogens (tertiary/aromatic N) is 1. The van der Waals surface area contributed by atoms with E-state index in [1.54, 1.807) is 18.3 Å². The van der Waals surface area contributed by atoms with Gasteiger partial charge in [0.25, 0.3) is 5.91 Å². The number of nitrogens with two attached hydrogens (primary N) is 1. The van der Waals surface area contributed by atoms with Gasteiger partial charge < -0.3 is 5.32 Å². The van der Waals surface area contributed by atoms with E-state index >= 15 is 0 Å². The molecule has 0 aliphatic heterocycles. The van der Waals surface area contributed by atoms with E-state index in [-0.39, 0.29) is 15.5 Å². The molecule has 25 heavy (non-hydrogen) atoms. The highest BCUT2D eigenvalue weighted by Gasteiger charge is 2.16. The number of aromatic nitrogens is 1. The number of sulfonamides is 1. The zero-order valence-electron chi connectivity index (χ0n) is 12.6. The second-order valence-corrected chi connectivity index (χ2v) is 7.89. The van der Waals surface area contributed by atoms with E-state index in [9.17, 15) is 13.2 Å². The lowest BCUT2D eigenvalue weighted by Crippen LogP contribution is -2.16. The average molecular weight is 394 g/mol. The minimum absolute atomic E-state index is 0.0353. The Bertz CT molecular complexity index is 1020. The fourth-order valence-corrected chi connectivity index (χ4v) is 3.84. The van der Waals surface area contributed by atoms with Gasteiger partial charge in [-0.25, -0.2) is 18.5 Å². The Morgan fingerprint density at radius 3 is 2.48 bits per heavy atom. The summed E-state index contributed by atoms with van der Waals surface area (Å²) in [6, 6.07) is 11.1. The summed E-state index contributed by atoms with van der Waals surface area (Å²) in [7, 11) is -4.01. The maximum absolute atomic E-state index is 12.3. The number of carbonyl (C=O) groups excluding carboxylic acids is 1. The van der Waals surface area contributed by atoms with Crippen molar-refractivity contribution in [1.29, 1.82) is 0 Å². The van der Waals surface area contributed by atoms with E-state index in [0.717, 1.165) is 16.6 Å². The van der Waals surface area contributed by atoms with Crippen molar-refractivity contribution in [3.8, 4) is 10.6 Å². The number of rotatable bonds is 4. The van der Waals surface area contributed by atoms with Crippen LogP contribution in [0.5, 0.6) is 0 Å². The third-order valence-corrected chi connectivity index (χ3v) is 5.54. The Hall–Kier alpha value is -2.26. The van der Waals surface area contributed by atoms with Crippen LogP contribution in [-0.4, -0.2) is 19.3 Å². The van der Waals surface area contributed by atoms with Gasteiger partial charge in [0, 0.05) is 28.4 Å². The first-order valence-corrected chi connectivity index (χ1v) is 9.78. The Morgan fingerprint density at radius 1 is 1.16 bits per heavy atom. The zero-order chi connectivity index (χ0) is 18.0. The molecule has 1 amide bonds. The predicted molar refractivity (Wildman–Crippen MR) is 98.3 cm³/mol. The number of hydrogen-bond donors (Lipinski definition) is 2. The summed E-state index contributed by atoms with van der Waals surface area (Å²) in [6.07, 6.45) is 1.72. The highest BCUT2D eigenvalue weighted by Crippen LogP contribution is 2.24. The summed E-state index contributed by atoms with van der Waals surface area (Å²) in [5.41, 5.74) is 1.64. The third-order valence-electron chi connectivity index (χ3n) is 3.32. The van der Waals surface area contributed by atoms with Crippen molar-refractivity contribution in [2.45, 2.75) is 4.90 Å². The van der Waals surface area contributed by atoms with Crippen LogP contribution < -0.4 is 10.5 Å². The number of benzene rings is 2. The van der Waals surface area contributed by atoms with Crippen LogP contribution in [0.2, 0.25) is 5.02 Å². The van der Waals surface area contributed by atoms with E-state index < -0.39 is 15.9 Å². The van der Waals surface area contributed by atoms with Crippen molar-refractivity contribution in [2.24, 2.45) is 5.14 Å². The zero-order valence-corrected chi connectivity index (χ0v) is 15.0. The molecule has 1 heterocycles. The summed E-state index contributed by atoms with van der Waals surface area (Å²) in [5, 5.41) is 10.5. The van der Waals surface area contributed by atoms with Crippen LogP contribution in [0.1, 0.15) is 10.4 Å². The molecular weight excluding hydrogens is 382 g/mol. The van der Waals surface area contributed by atoms with Crippen molar-refractivity contribution in [3.63, 3.8) is 0 Å². The number of primary sulfonamides is 1. The standard InChI is InChI=1S/C16H12ClN3O3S2/c17-13-6-3-11(9-14(13)25(18,22)23)15(21)20-12-4-1-10(2-5-12)16-19-7-8-24-16/h1-9H,(H,20,21)(H2,18,22,23). The summed E-state index contributed by atoms with van der Waals surface area (Å²) in [4.78, 5) is 16.2. The van der Waals surface area contributed by atoms with Crippen LogP contribution in [0.25, 0.3) is 10.6 Å². The number of amides is 1. The van der Waals surface area contributed by atoms with Crippen molar-refractivity contribution < 1.29 is 13.2 Å². The molecule has 0 unspecified atom stereocenters. The highest BCUT2D eigenvalue weighted by atomic mass is 35.5. The smallest absolute Gasteiger partial charge is 0.255 e. The van der Waals surface area contributed by atoms with Gasteiger partial charge in [-0.1, -0.05) is 11.6 Å². The second-order valence-electron chi connectivity index (χ2n) is 5.06. The molecular formula is C16H12ClN3O3S2. The van der Waals surface area contributed by atoms with Gasteiger partial charge in [-0.05, 0) is 42.5 Å². The van der Waals surface area contributed by atoms with Crippen molar-refractivity contribution >= 4 is 44.6 Å². The number of anilines is 1. The molecule has 0 bridgehead atoms. The molecule has 3 rings (SSSR count). The Morgan fingerprint density at radius 2 is 1.88 bits per heavy atom. The lowest BCUT2D eigenvalue weighted by atomic mass is 10.2. The molecule has 3 N–H and O–H groups in total. The molecule has 9 heteroatoms. The minimum atomic E-state index is -4.01. The molecule has 0 spiro atoms. The van der Waals surface area contributed by atoms with E-state index in [1.165, 1.54) is 23.5 Å². The Balaban J connectivity index is 1.81. The molecule has 128 valence electrons. The minimum Gasteiger partial charge on any atom is -0.322 e. The van der Waals surface area contributed by atoms with Crippen LogP contribution in [0.15, 0.2) is 58.9 Å². The summed E-state index contributed by atoms with van der Waals surface area (Å²) < 4.78 is 23.0. The molecule has 0 saturated heterocycles. The SMILES string of the molecule is NS(=O)(=O)c1cc(C(=O)Nc2ccc(-c3nccs3)cc2)ccc1Cl. The third kappa shape index (κ3) is 4.05. The van der Waals surface area contributed by atoms with E-state index in [4.69, 9.17) is 16.7 Å². The molecule has 6 nitrogen and oxygen atoms in total. The number of nitrogens with one attached hydrogen (secondary N) is 1. The van der Waals surface area contributed by atoms with Crippen molar-refractivity contribution in [1.82, 2.24) is 4.98 Å². The van der Waals surface area contributed by atoms with Crippen LogP contribution in [0, 0.1) is 0 Å². The monoisotopic (exact) mass is 393 g/mol. The van der Waals surface area contributed by atoms with Crippen LogP contribution in [0.4, 0.5) is 5.69 Å². The van der Waals surface area contributed by atoms with Crippen molar-refractivity contribution in [2.75, 3.05) is 5.32 Å². The summed E-state index contributed by atoms with van der Waals surface area (Å²) >= 11 is 7.33. The van der Waals surface area contributed by atoms with E-state index in [1.807, 2.05) is 17.5 Å². The lowest BCUT2D eigenvalue weighted by molar-refractivity contribution is 0.102. The van der Waals surface area contributed by atoms with Crippen LogP contribution >= 0.6 is 22.9 Å². The normalized spacial score (nSPS) is 11.3. The molecule has 0 fully saturated rings. The predicted octanol–water partition coefficient (Wildman–Crippen LogP) is 3.36. The first-order chi connectivity index (χ1) is 11.8. The molecule has 0 aliphatic carbocycles. The number of halogens is 1. The van der Waals surface area contributed by atoms with Crippen LogP contribution in [-0.2, 0) is 10.0 Å². The van der Waals surface area contributed by atoms with Crippen LogP contribution in [0.3, 0.4) is 0 Å². The van der Waals surface area contributed by atoms with Gasteiger partial charge in [-0.2, -0.15) is 0 Å². The first kappa shape index (κ1) is 17.6. The van der Waals surface area contributed by atoms with Gasteiger partial charge in [-0.3, -0.25) is 4.79 Å². The van der Waals surface area contributed by atoms with Gasteiger partial charge in [-0.15, -0.1) is 11.3 Å². The summed E-state index contributed by atoms with van der Waals surface area (Å²) in [5.74, 6) is -0.469. The van der Waals surface area contributed by atoms with Crippen molar-refractivity contribution in [3.05, 3.63) is 64.6 Å². The molecule has 2 aromatic carbocycles. The average Bonchev–Trinajstić information content (AvgIpc) is 3.09.